The van der Waals surface area contributed by atoms with Crippen molar-refractivity contribution in [3.8, 4) is 0 Å². The molecule has 0 spiro atoms. The molecule has 0 saturated carbocycles. The van der Waals surface area contributed by atoms with Gasteiger partial charge in [0.05, 0.1) is 0 Å². The van der Waals surface area contributed by atoms with Crippen LogP contribution in [0, 0.1) is 0 Å². The van der Waals surface area contributed by atoms with E-state index in [1.54, 1.807) is 0 Å². The summed E-state index contributed by atoms with van der Waals surface area (Å²) in [5.41, 5.74) is 2.84. The van der Waals surface area contributed by atoms with Crippen molar-refractivity contribution in [1.82, 2.24) is 10.2 Å². The third-order valence-electron chi connectivity index (χ3n) is 5.30. The highest BCUT2D eigenvalue weighted by atomic mass is 16.5. The van der Waals surface area contributed by atoms with Gasteiger partial charge in [0.25, 0.3) is 0 Å². The Morgan fingerprint density at radius 3 is 2.74 bits per heavy atom. The van der Waals surface area contributed by atoms with Gasteiger partial charge in [-0.15, -0.1) is 0 Å². The second kappa shape index (κ2) is 6.89. The molecule has 0 unspecified atom stereocenters. The van der Waals surface area contributed by atoms with Gasteiger partial charge in [0.15, 0.2) is 5.96 Å². The topological polar surface area (TPSA) is 40.1 Å². The number of nitrogens with one attached hydrogen (secondary N) is 1. The average Bonchev–Trinajstić information content (AvgIpc) is 3.00. The Labute approximate surface area is 139 Å². The summed E-state index contributed by atoms with van der Waals surface area (Å²) < 4.78 is 5.56. The van der Waals surface area contributed by atoms with Gasteiger partial charge >= 0.3 is 0 Å². The molecule has 0 aliphatic carbocycles. The molecule has 0 radical (unpaired) electrons. The molecule has 0 atom stereocenters. The quantitative estimate of drug-likeness (QED) is 0.681. The molecule has 2 heterocycles. The highest BCUT2D eigenvalue weighted by molar-refractivity contribution is 5.97. The number of guanidine groups is 1. The predicted molar refractivity (Wildman–Crippen MR) is 95.3 cm³/mol. The summed E-state index contributed by atoms with van der Waals surface area (Å²) in [6, 6.07) is 8.61. The Morgan fingerprint density at radius 1 is 1.30 bits per heavy atom. The first-order valence-electron chi connectivity index (χ1n) is 8.47. The predicted octanol–water partition coefficient (Wildman–Crippen LogP) is 1.74. The van der Waals surface area contributed by atoms with Crippen LogP contribution in [0.4, 0.5) is 5.69 Å². The molecule has 23 heavy (non-hydrogen) atoms. The lowest BCUT2D eigenvalue weighted by atomic mass is 9.88. The van der Waals surface area contributed by atoms with Crippen molar-refractivity contribution in [3.05, 3.63) is 29.8 Å². The molecule has 1 N–H and O–H groups in total. The largest absolute Gasteiger partial charge is 0.381 e. The van der Waals surface area contributed by atoms with Gasteiger partial charge in [-0.2, -0.15) is 0 Å². The van der Waals surface area contributed by atoms with Crippen LogP contribution in [-0.2, 0) is 11.2 Å². The second-order valence-corrected chi connectivity index (χ2v) is 6.66. The molecular weight excluding hydrogens is 288 g/mol. The molecule has 2 aliphatic heterocycles. The van der Waals surface area contributed by atoms with Crippen LogP contribution in [0.1, 0.15) is 18.4 Å². The van der Waals surface area contributed by atoms with Gasteiger partial charge in [-0.3, -0.25) is 4.99 Å². The number of aliphatic imine (C=N–C) groups is 1. The number of likely N-dealkylation sites (N-methyl/N-ethyl adjacent to an activating group) is 1. The lowest BCUT2D eigenvalue weighted by molar-refractivity contribution is -0.00495. The minimum absolute atomic E-state index is 0.146. The third kappa shape index (κ3) is 3.21. The van der Waals surface area contributed by atoms with Gasteiger partial charge in [-0.1, -0.05) is 18.2 Å². The number of fused-ring (bicyclic) bond motifs is 1. The Balaban J connectivity index is 1.71. The van der Waals surface area contributed by atoms with Crippen LogP contribution in [0.25, 0.3) is 0 Å². The molecular formula is C18H28N4O. The second-order valence-electron chi connectivity index (χ2n) is 6.66. The molecule has 0 amide bonds. The SMILES string of the molecule is CN=C(NCC1(N(C)C)CCOCC1)N1CCc2ccccc21. The lowest BCUT2D eigenvalue weighted by Gasteiger charge is -2.43. The zero-order chi connectivity index (χ0) is 16.3. The molecule has 1 aromatic carbocycles. The summed E-state index contributed by atoms with van der Waals surface area (Å²) in [7, 11) is 6.21. The molecule has 5 nitrogen and oxygen atoms in total. The molecule has 2 aliphatic rings. The van der Waals surface area contributed by atoms with Crippen LogP contribution < -0.4 is 10.2 Å². The van der Waals surface area contributed by atoms with Crippen LogP contribution in [0.3, 0.4) is 0 Å². The monoisotopic (exact) mass is 316 g/mol. The fraction of sp³-hybridized carbons (Fsp3) is 0.611. The molecule has 1 aromatic rings. The van der Waals surface area contributed by atoms with E-state index in [9.17, 15) is 0 Å². The average molecular weight is 316 g/mol. The van der Waals surface area contributed by atoms with Crippen LogP contribution in [0.5, 0.6) is 0 Å². The van der Waals surface area contributed by atoms with Crippen LogP contribution in [0.2, 0.25) is 0 Å². The number of hydrogen-bond acceptors (Lipinski definition) is 3. The summed E-state index contributed by atoms with van der Waals surface area (Å²) in [5, 5.41) is 3.62. The first-order valence-corrected chi connectivity index (χ1v) is 8.47. The van der Waals surface area contributed by atoms with E-state index in [2.05, 4.69) is 58.5 Å². The fourth-order valence-corrected chi connectivity index (χ4v) is 3.63. The Kier molecular flexibility index (Phi) is 4.87. The van der Waals surface area contributed by atoms with Crippen molar-refractivity contribution in [1.29, 1.82) is 0 Å². The van der Waals surface area contributed by atoms with Crippen molar-refractivity contribution in [2.24, 2.45) is 4.99 Å². The summed E-state index contributed by atoms with van der Waals surface area (Å²) in [5.74, 6) is 0.975. The maximum absolute atomic E-state index is 5.56. The maximum Gasteiger partial charge on any atom is 0.198 e. The van der Waals surface area contributed by atoms with Crippen molar-refractivity contribution in [3.63, 3.8) is 0 Å². The van der Waals surface area contributed by atoms with Gasteiger partial charge in [-0.25, -0.2) is 0 Å². The van der Waals surface area contributed by atoms with E-state index in [4.69, 9.17) is 4.74 Å². The Bertz CT molecular complexity index is 564. The van der Waals surface area contributed by atoms with Crippen molar-refractivity contribution < 1.29 is 4.74 Å². The third-order valence-corrected chi connectivity index (χ3v) is 5.30. The zero-order valence-corrected chi connectivity index (χ0v) is 14.5. The smallest absolute Gasteiger partial charge is 0.198 e. The number of ether oxygens (including phenoxy) is 1. The summed E-state index contributed by atoms with van der Waals surface area (Å²) in [4.78, 5) is 9.17. The van der Waals surface area contributed by atoms with E-state index < -0.39 is 0 Å². The number of nitrogens with zero attached hydrogens (tertiary/aromatic N) is 3. The number of hydrogen-bond donors (Lipinski definition) is 1. The number of para-hydroxylation sites is 1. The van der Waals surface area contributed by atoms with Gasteiger partial charge in [0.2, 0.25) is 0 Å². The molecule has 3 rings (SSSR count). The summed E-state index contributed by atoms with van der Waals surface area (Å²) in [6.45, 7) is 3.57. The van der Waals surface area contributed by atoms with E-state index in [0.717, 1.165) is 51.5 Å². The van der Waals surface area contributed by atoms with Gasteiger partial charge in [-0.05, 0) is 45.0 Å². The van der Waals surface area contributed by atoms with Crippen LogP contribution in [-0.4, -0.2) is 63.8 Å². The summed E-state index contributed by atoms with van der Waals surface area (Å²) in [6.07, 6.45) is 3.20. The Hall–Kier alpha value is -1.59. The maximum atomic E-state index is 5.56. The normalized spacial score (nSPS) is 20.7. The highest BCUT2D eigenvalue weighted by Gasteiger charge is 2.35. The van der Waals surface area contributed by atoms with Crippen molar-refractivity contribution in [2.75, 3.05) is 52.3 Å². The Morgan fingerprint density at radius 2 is 2.04 bits per heavy atom. The van der Waals surface area contributed by atoms with E-state index in [1.807, 2.05) is 7.05 Å². The van der Waals surface area contributed by atoms with Gasteiger partial charge in [0.1, 0.15) is 0 Å². The first-order chi connectivity index (χ1) is 11.2. The van der Waals surface area contributed by atoms with Crippen molar-refractivity contribution >= 4 is 11.6 Å². The van der Waals surface area contributed by atoms with Gasteiger partial charge < -0.3 is 19.9 Å². The molecule has 126 valence electrons. The van der Waals surface area contributed by atoms with E-state index in [-0.39, 0.29) is 5.54 Å². The number of rotatable bonds is 3. The van der Waals surface area contributed by atoms with Crippen LogP contribution in [0.15, 0.2) is 29.3 Å². The van der Waals surface area contributed by atoms with E-state index in [0.29, 0.717) is 0 Å². The molecule has 5 heteroatoms. The zero-order valence-electron chi connectivity index (χ0n) is 14.5. The van der Waals surface area contributed by atoms with Crippen LogP contribution >= 0.6 is 0 Å². The van der Waals surface area contributed by atoms with Crippen molar-refractivity contribution in [2.45, 2.75) is 24.8 Å². The fourth-order valence-electron chi connectivity index (χ4n) is 3.63. The number of anilines is 1. The molecule has 1 saturated heterocycles. The highest BCUT2D eigenvalue weighted by Crippen LogP contribution is 2.28. The number of benzene rings is 1. The lowest BCUT2D eigenvalue weighted by Crippen LogP contribution is -2.57. The molecule has 0 aromatic heterocycles. The molecule has 0 bridgehead atoms. The van der Waals surface area contributed by atoms with Gasteiger partial charge in [0, 0.05) is 44.6 Å². The van der Waals surface area contributed by atoms with E-state index >= 15 is 0 Å². The first kappa shape index (κ1) is 16.3. The van der Waals surface area contributed by atoms with E-state index in [1.165, 1.54) is 11.3 Å². The summed E-state index contributed by atoms with van der Waals surface area (Å²) >= 11 is 0. The minimum atomic E-state index is 0.146. The minimum Gasteiger partial charge on any atom is -0.381 e. The standard InChI is InChI=1S/C18H28N4O/c1-19-17(22-11-8-15-6-4-5-7-16(15)22)20-14-18(21(2)3)9-12-23-13-10-18/h4-7H,8-14H2,1-3H3,(H,19,20). The molecule has 1 fully saturated rings.